The number of benzene rings is 1. The second-order valence-corrected chi connectivity index (χ2v) is 8.48. The Morgan fingerprint density at radius 3 is 2.56 bits per heavy atom. The first kappa shape index (κ1) is 19.2. The van der Waals surface area contributed by atoms with Crippen LogP contribution in [-0.4, -0.2) is 43.4 Å². The van der Waals surface area contributed by atoms with Crippen LogP contribution >= 0.6 is 0 Å². The van der Waals surface area contributed by atoms with Crippen LogP contribution in [0.3, 0.4) is 0 Å². The highest BCUT2D eigenvalue weighted by molar-refractivity contribution is 7.89. The maximum atomic E-state index is 12.8. The standard InChI is InChI=1S/C18H24N4O4S/c1-21-12-14(27(24,25)22-8-4-3-5-9-22)11-17(21)18(23)20-16-10-13(26-2)6-7-15(16)19/h6-7,10-12H,3-5,8-9,19H2,1-2H3,(H,20,23). The van der Waals surface area contributed by atoms with Gasteiger partial charge >= 0.3 is 0 Å². The Hall–Kier alpha value is -2.52. The monoisotopic (exact) mass is 392 g/mol. The number of anilines is 2. The fraction of sp³-hybridized carbons (Fsp3) is 0.389. The molecule has 0 aliphatic carbocycles. The van der Waals surface area contributed by atoms with Gasteiger partial charge in [-0.25, -0.2) is 8.42 Å². The fourth-order valence-corrected chi connectivity index (χ4v) is 4.70. The second kappa shape index (κ2) is 7.61. The number of sulfonamides is 1. The first-order chi connectivity index (χ1) is 12.8. The number of nitrogens with one attached hydrogen (secondary N) is 1. The Morgan fingerprint density at radius 1 is 1.19 bits per heavy atom. The molecule has 1 aliphatic heterocycles. The van der Waals surface area contributed by atoms with Crippen molar-refractivity contribution in [2.75, 3.05) is 31.2 Å². The zero-order valence-electron chi connectivity index (χ0n) is 15.4. The van der Waals surface area contributed by atoms with Gasteiger partial charge in [0.1, 0.15) is 16.3 Å². The predicted molar refractivity (Wildman–Crippen MR) is 103 cm³/mol. The Balaban J connectivity index is 1.85. The molecule has 0 saturated carbocycles. The number of nitrogens with zero attached hydrogens (tertiary/aromatic N) is 2. The molecule has 2 heterocycles. The highest BCUT2D eigenvalue weighted by Crippen LogP contribution is 2.26. The van der Waals surface area contributed by atoms with Gasteiger partial charge in [-0.2, -0.15) is 4.31 Å². The van der Waals surface area contributed by atoms with Gasteiger partial charge < -0.3 is 20.4 Å². The number of aromatic nitrogens is 1. The van der Waals surface area contributed by atoms with E-state index >= 15 is 0 Å². The van der Waals surface area contributed by atoms with Crippen LogP contribution in [-0.2, 0) is 17.1 Å². The molecule has 1 saturated heterocycles. The molecule has 8 nitrogen and oxygen atoms in total. The second-order valence-electron chi connectivity index (χ2n) is 6.54. The molecule has 1 aromatic carbocycles. The van der Waals surface area contributed by atoms with E-state index in [4.69, 9.17) is 10.5 Å². The van der Waals surface area contributed by atoms with Gasteiger partial charge in [-0.15, -0.1) is 0 Å². The van der Waals surface area contributed by atoms with Crippen molar-refractivity contribution in [3.63, 3.8) is 0 Å². The lowest BCUT2D eigenvalue weighted by Gasteiger charge is -2.25. The van der Waals surface area contributed by atoms with Crippen molar-refractivity contribution in [2.45, 2.75) is 24.2 Å². The molecule has 0 unspecified atom stereocenters. The quantitative estimate of drug-likeness (QED) is 0.758. The van der Waals surface area contributed by atoms with E-state index in [-0.39, 0.29) is 10.6 Å². The van der Waals surface area contributed by atoms with Crippen LogP contribution in [0, 0.1) is 0 Å². The lowest BCUT2D eigenvalue weighted by molar-refractivity contribution is 0.101. The summed E-state index contributed by atoms with van der Waals surface area (Å²) in [5, 5.41) is 2.71. The molecule has 9 heteroatoms. The molecule has 146 valence electrons. The number of nitrogen functional groups attached to an aromatic ring is 1. The Labute approximate surface area is 159 Å². The van der Waals surface area contributed by atoms with E-state index in [1.54, 1.807) is 25.2 Å². The molecular weight excluding hydrogens is 368 g/mol. The lowest BCUT2D eigenvalue weighted by atomic mass is 10.2. The van der Waals surface area contributed by atoms with Crippen LogP contribution in [0.25, 0.3) is 0 Å². The average molecular weight is 392 g/mol. The van der Waals surface area contributed by atoms with E-state index in [9.17, 15) is 13.2 Å². The summed E-state index contributed by atoms with van der Waals surface area (Å²) in [7, 11) is -0.443. The number of nitrogens with two attached hydrogens (primary N) is 1. The van der Waals surface area contributed by atoms with Crippen molar-refractivity contribution >= 4 is 27.3 Å². The number of amides is 1. The van der Waals surface area contributed by atoms with Gasteiger partial charge in [-0.1, -0.05) is 6.42 Å². The van der Waals surface area contributed by atoms with Crippen LogP contribution in [0.2, 0.25) is 0 Å². The van der Waals surface area contributed by atoms with E-state index in [0.29, 0.717) is 30.2 Å². The van der Waals surface area contributed by atoms with Crippen molar-refractivity contribution in [3.8, 4) is 5.75 Å². The number of rotatable bonds is 5. The predicted octanol–water partition coefficient (Wildman–Crippen LogP) is 2.04. The first-order valence-corrected chi connectivity index (χ1v) is 10.2. The van der Waals surface area contributed by atoms with E-state index in [2.05, 4.69) is 5.32 Å². The van der Waals surface area contributed by atoms with Gasteiger partial charge in [0.25, 0.3) is 5.91 Å². The smallest absolute Gasteiger partial charge is 0.272 e. The number of carbonyl (C=O) groups excluding carboxylic acids is 1. The summed E-state index contributed by atoms with van der Waals surface area (Å²) >= 11 is 0. The normalized spacial score (nSPS) is 15.5. The Morgan fingerprint density at radius 2 is 1.89 bits per heavy atom. The van der Waals surface area contributed by atoms with Crippen molar-refractivity contribution in [2.24, 2.45) is 7.05 Å². The van der Waals surface area contributed by atoms with E-state index in [0.717, 1.165) is 19.3 Å². The summed E-state index contributed by atoms with van der Waals surface area (Å²) in [5.74, 6) is 0.109. The van der Waals surface area contributed by atoms with Crippen molar-refractivity contribution in [3.05, 3.63) is 36.2 Å². The topological polar surface area (TPSA) is 107 Å². The third kappa shape index (κ3) is 3.93. The van der Waals surface area contributed by atoms with E-state index in [1.807, 2.05) is 0 Å². The first-order valence-electron chi connectivity index (χ1n) is 8.74. The van der Waals surface area contributed by atoms with Gasteiger partial charge in [0.2, 0.25) is 10.0 Å². The number of hydrogen-bond donors (Lipinski definition) is 2. The SMILES string of the molecule is COc1ccc(N)c(NC(=O)c2cc(S(=O)(=O)N3CCCCC3)cn2C)c1. The zero-order chi connectivity index (χ0) is 19.6. The minimum absolute atomic E-state index is 0.121. The molecular formula is C18H24N4O4S. The summed E-state index contributed by atoms with van der Waals surface area (Å²) in [4.78, 5) is 12.8. The average Bonchev–Trinajstić information content (AvgIpc) is 3.07. The highest BCUT2D eigenvalue weighted by Gasteiger charge is 2.28. The number of methoxy groups -OCH3 is 1. The molecule has 2 aromatic rings. The number of hydrogen-bond acceptors (Lipinski definition) is 5. The molecule has 0 spiro atoms. The molecule has 0 atom stereocenters. The largest absolute Gasteiger partial charge is 0.497 e. The molecule has 1 fully saturated rings. The molecule has 0 radical (unpaired) electrons. The zero-order valence-corrected chi connectivity index (χ0v) is 16.3. The van der Waals surface area contributed by atoms with Gasteiger partial charge in [0, 0.05) is 32.4 Å². The van der Waals surface area contributed by atoms with Crippen LogP contribution in [0.1, 0.15) is 29.8 Å². The van der Waals surface area contributed by atoms with Crippen molar-refractivity contribution < 1.29 is 17.9 Å². The number of aryl methyl sites for hydroxylation is 1. The maximum absolute atomic E-state index is 12.8. The maximum Gasteiger partial charge on any atom is 0.272 e. The molecule has 27 heavy (non-hydrogen) atoms. The summed E-state index contributed by atoms with van der Waals surface area (Å²) in [6.07, 6.45) is 4.22. The van der Waals surface area contributed by atoms with Crippen LogP contribution in [0.4, 0.5) is 11.4 Å². The molecule has 0 bridgehead atoms. The van der Waals surface area contributed by atoms with Gasteiger partial charge in [-0.05, 0) is 31.0 Å². The highest BCUT2D eigenvalue weighted by atomic mass is 32.2. The molecule has 1 aliphatic rings. The van der Waals surface area contributed by atoms with Crippen LogP contribution in [0.5, 0.6) is 5.75 Å². The van der Waals surface area contributed by atoms with Crippen LogP contribution < -0.4 is 15.8 Å². The van der Waals surface area contributed by atoms with Crippen molar-refractivity contribution in [1.29, 1.82) is 0 Å². The third-order valence-corrected chi connectivity index (χ3v) is 6.54. The summed E-state index contributed by atoms with van der Waals surface area (Å²) in [6.45, 7) is 1.03. The Bertz CT molecular complexity index is 946. The third-order valence-electron chi connectivity index (χ3n) is 4.67. The molecule has 3 rings (SSSR count). The van der Waals surface area contributed by atoms with Gasteiger partial charge in [-0.3, -0.25) is 4.79 Å². The number of carbonyl (C=O) groups is 1. The minimum atomic E-state index is -3.60. The van der Waals surface area contributed by atoms with Crippen LogP contribution in [0.15, 0.2) is 35.4 Å². The Kier molecular flexibility index (Phi) is 5.43. The molecule has 1 amide bonds. The number of piperidine rings is 1. The molecule has 1 aromatic heterocycles. The van der Waals surface area contributed by atoms with E-state index in [1.165, 1.54) is 28.2 Å². The lowest BCUT2D eigenvalue weighted by Crippen LogP contribution is -2.35. The van der Waals surface area contributed by atoms with Gasteiger partial charge in [0.15, 0.2) is 0 Å². The van der Waals surface area contributed by atoms with E-state index < -0.39 is 15.9 Å². The summed E-state index contributed by atoms with van der Waals surface area (Å²) in [5.41, 5.74) is 6.92. The number of ether oxygens (including phenoxy) is 1. The summed E-state index contributed by atoms with van der Waals surface area (Å²) in [6, 6.07) is 6.33. The van der Waals surface area contributed by atoms with Gasteiger partial charge in [0.05, 0.1) is 18.5 Å². The summed E-state index contributed by atoms with van der Waals surface area (Å²) < 4.78 is 33.8. The minimum Gasteiger partial charge on any atom is -0.497 e. The fourth-order valence-electron chi connectivity index (χ4n) is 3.11. The van der Waals surface area contributed by atoms with Crippen molar-refractivity contribution in [1.82, 2.24) is 8.87 Å². The molecule has 3 N–H and O–H groups in total.